The summed E-state index contributed by atoms with van der Waals surface area (Å²) in [7, 11) is 0. The predicted octanol–water partition coefficient (Wildman–Crippen LogP) is 4.81. The Bertz CT molecular complexity index is 984. The molecule has 4 rings (SSSR count). The van der Waals surface area contributed by atoms with E-state index in [9.17, 15) is 9.59 Å². The van der Waals surface area contributed by atoms with E-state index in [1.165, 1.54) is 10.5 Å². The lowest BCUT2D eigenvalue weighted by atomic mass is 10.0. The summed E-state index contributed by atoms with van der Waals surface area (Å²) in [5, 5.41) is 0. The molecule has 2 amide bonds. The summed E-state index contributed by atoms with van der Waals surface area (Å²) in [6.07, 6.45) is 4.21. The summed E-state index contributed by atoms with van der Waals surface area (Å²) in [4.78, 5) is 30.5. The smallest absolute Gasteiger partial charge is 0.282 e. The van der Waals surface area contributed by atoms with Crippen LogP contribution in [0.2, 0.25) is 0 Å². The fraction of sp³-hybridized carbons (Fsp3) is 0.385. The van der Waals surface area contributed by atoms with Crippen LogP contribution in [0.1, 0.15) is 51.2 Å². The maximum atomic E-state index is 13.6. The van der Waals surface area contributed by atoms with Crippen molar-refractivity contribution in [1.29, 1.82) is 0 Å². The molecule has 2 heterocycles. The first kappa shape index (κ1) is 21.2. The van der Waals surface area contributed by atoms with Gasteiger partial charge in [-0.25, -0.2) is 4.90 Å². The van der Waals surface area contributed by atoms with Crippen molar-refractivity contribution in [1.82, 2.24) is 4.90 Å². The summed E-state index contributed by atoms with van der Waals surface area (Å²) < 4.78 is 5.75. The van der Waals surface area contributed by atoms with Crippen molar-refractivity contribution >= 4 is 23.1 Å². The molecule has 31 heavy (non-hydrogen) atoms. The van der Waals surface area contributed by atoms with E-state index in [0.29, 0.717) is 17.0 Å². The third-order valence-corrected chi connectivity index (χ3v) is 5.85. The number of benzene rings is 2. The number of nitrogens with zero attached hydrogens (tertiary/aromatic N) is 2. The van der Waals surface area contributed by atoms with E-state index < -0.39 is 0 Å². The summed E-state index contributed by atoms with van der Waals surface area (Å²) in [6, 6.07) is 15.2. The second kappa shape index (κ2) is 8.96. The average Bonchev–Trinajstić information content (AvgIpc) is 3.04. The number of piperidine rings is 1. The Morgan fingerprint density at radius 2 is 1.52 bits per heavy atom. The minimum Gasteiger partial charge on any atom is -0.491 e. The Labute approximate surface area is 184 Å². The van der Waals surface area contributed by atoms with Gasteiger partial charge in [0.15, 0.2) is 0 Å². The number of hydrogen-bond donors (Lipinski definition) is 0. The Hall–Kier alpha value is -3.08. The lowest BCUT2D eigenvalue weighted by Crippen LogP contribution is -2.37. The summed E-state index contributed by atoms with van der Waals surface area (Å²) in [5.74, 6) is 0.267. The SMILES string of the molecule is CCc1ccc(N2C(=O)C(c3ccc(OC(C)C)cc3)=C(N3CCCCC3)C2=O)cc1. The molecule has 1 saturated heterocycles. The van der Waals surface area contributed by atoms with Gasteiger partial charge in [-0.1, -0.05) is 31.2 Å². The van der Waals surface area contributed by atoms with Crippen LogP contribution in [-0.2, 0) is 16.0 Å². The molecule has 2 aromatic rings. The van der Waals surface area contributed by atoms with Crippen LogP contribution in [0.3, 0.4) is 0 Å². The molecule has 0 bridgehead atoms. The van der Waals surface area contributed by atoms with Gasteiger partial charge in [0.2, 0.25) is 0 Å². The van der Waals surface area contributed by atoms with Gasteiger partial charge in [-0.05, 0) is 74.9 Å². The molecule has 5 heteroatoms. The van der Waals surface area contributed by atoms with E-state index in [1.807, 2.05) is 62.4 Å². The molecule has 2 aliphatic heterocycles. The maximum Gasteiger partial charge on any atom is 0.282 e. The van der Waals surface area contributed by atoms with Crippen molar-refractivity contribution in [3.8, 4) is 5.75 Å². The number of carbonyl (C=O) groups excluding carboxylic acids is 2. The number of likely N-dealkylation sites (tertiary alicyclic amines) is 1. The predicted molar refractivity (Wildman–Crippen MR) is 123 cm³/mol. The van der Waals surface area contributed by atoms with E-state index in [0.717, 1.165) is 50.1 Å². The molecule has 5 nitrogen and oxygen atoms in total. The molecule has 0 saturated carbocycles. The number of anilines is 1. The van der Waals surface area contributed by atoms with E-state index in [2.05, 4.69) is 11.8 Å². The van der Waals surface area contributed by atoms with Crippen LogP contribution in [0, 0.1) is 0 Å². The van der Waals surface area contributed by atoms with Crippen LogP contribution in [0.4, 0.5) is 5.69 Å². The second-order valence-electron chi connectivity index (χ2n) is 8.43. The van der Waals surface area contributed by atoms with E-state index in [1.54, 1.807) is 0 Å². The minimum atomic E-state index is -0.257. The van der Waals surface area contributed by atoms with E-state index in [4.69, 9.17) is 4.74 Å². The summed E-state index contributed by atoms with van der Waals surface area (Å²) in [6.45, 7) is 7.64. The summed E-state index contributed by atoms with van der Waals surface area (Å²) >= 11 is 0. The van der Waals surface area contributed by atoms with Gasteiger partial charge < -0.3 is 9.64 Å². The quantitative estimate of drug-likeness (QED) is 0.632. The van der Waals surface area contributed by atoms with Gasteiger partial charge in [0.25, 0.3) is 11.8 Å². The Morgan fingerprint density at radius 1 is 0.871 bits per heavy atom. The van der Waals surface area contributed by atoms with Crippen molar-refractivity contribution in [2.24, 2.45) is 0 Å². The minimum absolute atomic E-state index is 0.0743. The van der Waals surface area contributed by atoms with Crippen LogP contribution < -0.4 is 9.64 Å². The number of imide groups is 1. The number of amides is 2. The van der Waals surface area contributed by atoms with Crippen molar-refractivity contribution < 1.29 is 14.3 Å². The fourth-order valence-corrected chi connectivity index (χ4v) is 4.28. The third-order valence-electron chi connectivity index (χ3n) is 5.85. The van der Waals surface area contributed by atoms with Gasteiger partial charge in [-0.2, -0.15) is 0 Å². The zero-order valence-electron chi connectivity index (χ0n) is 18.6. The molecule has 0 spiro atoms. The van der Waals surface area contributed by atoms with Crippen LogP contribution in [0.15, 0.2) is 54.2 Å². The molecule has 0 unspecified atom stereocenters. The average molecular weight is 419 g/mol. The van der Waals surface area contributed by atoms with Crippen LogP contribution in [0.25, 0.3) is 5.57 Å². The zero-order valence-corrected chi connectivity index (χ0v) is 18.6. The topological polar surface area (TPSA) is 49.9 Å². The first-order valence-electron chi connectivity index (χ1n) is 11.2. The molecule has 0 N–H and O–H groups in total. The molecule has 0 aromatic heterocycles. The highest BCUT2D eigenvalue weighted by Gasteiger charge is 2.42. The molecule has 0 radical (unpaired) electrons. The van der Waals surface area contributed by atoms with Gasteiger partial charge in [0, 0.05) is 13.1 Å². The number of aryl methyl sites for hydroxylation is 1. The zero-order chi connectivity index (χ0) is 22.0. The van der Waals surface area contributed by atoms with Gasteiger partial charge in [-0.15, -0.1) is 0 Å². The largest absolute Gasteiger partial charge is 0.491 e. The molecule has 2 aromatic carbocycles. The van der Waals surface area contributed by atoms with E-state index in [-0.39, 0.29) is 17.9 Å². The van der Waals surface area contributed by atoms with Crippen molar-refractivity contribution in [3.05, 3.63) is 65.4 Å². The van der Waals surface area contributed by atoms with Gasteiger partial charge in [0.1, 0.15) is 11.4 Å². The first-order valence-corrected chi connectivity index (χ1v) is 11.2. The maximum absolute atomic E-state index is 13.6. The lowest BCUT2D eigenvalue weighted by Gasteiger charge is -2.29. The Morgan fingerprint density at radius 3 is 2.10 bits per heavy atom. The number of hydrogen-bond acceptors (Lipinski definition) is 4. The number of rotatable bonds is 6. The van der Waals surface area contributed by atoms with Crippen LogP contribution in [-0.4, -0.2) is 35.9 Å². The molecule has 1 fully saturated rings. The van der Waals surface area contributed by atoms with Crippen molar-refractivity contribution in [2.45, 2.75) is 52.6 Å². The highest BCUT2D eigenvalue weighted by molar-refractivity contribution is 6.45. The first-order chi connectivity index (χ1) is 15.0. The van der Waals surface area contributed by atoms with Gasteiger partial charge in [0.05, 0.1) is 17.4 Å². The molecule has 162 valence electrons. The van der Waals surface area contributed by atoms with Crippen molar-refractivity contribution in [3.63, 3.8) is 0 Å². The van der Waals surface area contributed by atoms with Crippen LogP contribution >= 0.6 is 0 Å². The van der Waals surface area contributed by atoms with Gasteiger partial charge >= 0.3 is 0 Å². The molecular weight excluding hydrogens is 388 g/mol. The molecular formula is C26H30N2O3. The number of ether oxygens (including phenoxy) is 1. The van der Waals surface area contributed by atoms with Crippen molar-refractivity contribution in [2.75, 3.05) is 18.0 Å². The Balaban J connectivity index is 1.74. The van der Waals surface area contributed by atoms with Gasteiger partial charge in [-0.3, -0.25) is 9.59 Å². The highest BCUT2D eigenvalue weighted by atomic mass is 16.5. The fourth-order valence-electron chi connectivity index (χ4n) is 4.28. The highest BCUT2D eigenvalue weighted by Crippen LogP contribution is 2.36. The lowest BCUT2D eigenvalue weighted by molar-refractivity contribution is -0.120. The summed E-state index contributed by atoms with van der Waals surface area (Å²) in [5.41, 5.74) is 3.57. The van der Waals surface area contributed by atoms with E-state index >= 15 is 0 Å². The molecule has 0 atom stereocenters. The molecule has 2 aliphatic rings. The van der Waals surface area contributed by atoms with Crippen LogP contribution in [0.5, 0.6) is 5.75 Å². The second-order valence-corrected chi connectivity index (χ2v) is 8.43. The monoisotopic (exact) mass is 418 g/mol. The number of carbonyl (C=O) groups is 2. The molecule has 0 aliphatic carbocycles. The normalized spacial score (nSPS) is 17.2. The third kappa shape index (κ3) is 4.22. The standard InChI is InChI=1S/C26H30N2O3/c1-4-19-8-12-21(13-9-19)28-25(29)23(20-10-14-22(15-11-20)31-18(2)3)24(26(28)30)27-16-6-5-7-17-27/h8-15,18H,4-7,16-17H2,1-3H3. The Kier molecular flexibility index (Phi) is 6.12.